The summed E-state index contributed by atoms with van der Waals surface area (Å²) in [5.74, 6) is 0.650. The number of carbonyl (C=O) groups excluding carboxylic acids is 1. The maximum Gasteiger partial charge on any atom is 0.231 e. The summed E-state index contributed by atoms with van der Waals surface area (Å²) in [7, 11) is 1.59. The fraction of sp³-hybridized carbons (Fsp3) is 0.250. The lowest BCUT2D eigenvalue weighted by molar-refractivity contribution is -0.905. The SMILES string of the molecule is CC[NH+]1C/C(=C/c2cc(OC)c3c(c2)OCO3)c2nc3ccccc3c(C(=O)[O-])c2C1. The van der Waals surface area contributed by atoms with E-state index in [2.05, 4.69) is 6.92 Å². The minimum Gasteiger partial charge on any atom is -0.545 e. The maximum absolute atomic E-state index is 12.1. The molecule has 0 saturated carbocycles. The number of benzene rings is 2. The van der Waals surface area contributed by atoms with E-state index >= 15 is 0 Å². The maximum atomic E-state index is 12.1. The lowest BCUT2D eigenvalue weighted by Gasteiger charge is -2.29. The standard InChI is InChI=1S/C24H22N2O5/c1-3-26-11-15(8-14-9-19(29-2)23-20(10-14)30-13-31-23)22-17(12-26)21(24(27)28)16-6-4-5-7-18(16)25-22/h4-10H,3,11-13H2,1-2H3,(H,27,28)/b15-8-. The van der Waals surface area contributed by atoms with Gasteiger partial charge in [0.25, 0.3) is 0 Å². The van der Waals surface area contributed by atoms with Gasteiger partial charge in [0.2, 0.25) is 12.5 Å². The molecule has 2 aliphatic rings. The van der Waals surface area contributed by atoms with Gasteiger partial charge in [0.05, 0.1) is 30.8 Å². The first-order valence-corrected chi connectivity index (χ1v) is 10.2. The Hall–Kier alpha value is -3.58. The van der Waals surface area contributed by atoms with Gasteiger partial charge in [-0.3, -0.25) is 0 Å². The van der Waals surface area contributed by atoms with Crippen LogP contribution in [0.5, 0.6) is 17.2 Å². The molecule has 7 nitrogen and oxygen atoms in total. The molecule has 0 spiro atoms. The Bertz CT molecular complexity index is 1230. The van der Waals surface area contributed by atoms with Crippen LogP contribution < -0.4 is 24.2 Å². The summed E-state index contributed by atoms with van der Waals surface area (Å²) < 4.78 is 16.5. The van der Waals surface area contributed by atoms with Crippen LogP contribution >= 0.6 is 0 Å². The molecule has 0 amide bonds. The molecule has 3 aromatic rings. The molecule has 0 bridgehead atoms. The van der Waals surface area contributed by atoms with Gasteiger partial charge in [-0.1, -0.05) is 18.2 Å². The summed E-state index contributed by atoms with van der Waals surface area (Å²) in [5, 5.41) is 12.8. The predicted molar refractivity (Wildman–Crippen MR) is 113 cm³/mol. The number of quaternary nitrogens is 1. The molecular formula is C24H22N2O5. The highest BCUT2D eigenvalue weighted by atomic mass is 16.7. The number of nitrogens with zero attached hydrogens (tertiary/aromatic N) is 1. The second kappa shape index (κ2) is 7.59. The van der Waals surface area contributed by atoms with Crippen LogP contribution in [0.15, 0.2) is 36.4 Å². The van der Waals surface area contributed by atoms with Crippen molar-refractivity contribution in [1.29, 1.82) is 0 Å². The van der Waals surface area contributed by atoms with Crippen LogP contribution in [0.2, 0.25) is 0 Å². The van der Waals surface area contributed by atoms with Gasteiger partial charge >= 0.3 is 0 Å². The van der Waals surface area contributed by atoms with Gasteiger partial charge in [-0.15, -0.1) is 0 Å². The highest BCUT2D eigenvalue weighted by Crippen LogP contribution is 2.42. The van der Waals surface area contributed by atoms with E-state index in [1.807, 2.05) is 36.4 Å². The molecule has 0 saturated heterocycles. The number of hydrogen-bond acceptors (Lipinski definition) is 6. The number of likely N-dealkylation sites (N-methyl/N-ethyl adjacent to an activating group) is 1. The number of hydrogen-bond donors (Lipinski definition) is 1. The summed E-state index contributed by atoms with van der Waals surface area (Å²) in [4.78, 5) is 18.3. The van der Waals surface area contributed by atoms with Gasteiger partial charge in [-0.05, 0) is 36.8 Å². The molecule has 31 heavy (non-hydrogen) atoms. The Morgan fingerprint density at radius 1 is 1.26 bits per heavy atom. The predicted octanol–water partition coefficient (Wildman–Crippen LogP) is 1.29. The van der Waals surface area contributed by atoms with Crippen LogP contribution in [0.4, 0.5) is 0 Å². The van der Waals surface area contributed by atoms with E-state index < -0.39 is 5.97 Å². The van der Waals surface area contributed by atoms with Crippen LogP contribution in [-0.4, -0.2) is 37.9 Å². The van der Waals surface area contributed by atoms with Crippen LogP contribution in [0.25, 0.3) is 22.6 Å². The number of aromatic carboxylic acids is 1. The average Bonchev–Trinajstić information content (AvgIpc) is 3.25. The van der Waals surface area contributed by atoms with E-state index in [0.29, 0.717) is 40.4 Å². The number of methoxy groups -OCH3 is 1. The molecule has 0 fully saturated rings. The molecule has 2 aliphatic heterocycles. The van der Waals surface area contributed by atoms with Crippen molar-refractivity contribution in [3.05, 3.63) is 58.8 Å². The second-order valence-corrected chi connectivity index (χ2v) is 7.70. The van der Waals surface area contributed by atoms with Crippen molar-refractivity contribution in [2.45, 2.75) is 13.5 Å². The number of nitrogens with one attached hydrogen (secondary N) is 1. The monoisotopic (exact) mass is 418 g/mol. The largest absolute Gasteiger partial charge is 0.545 e. The number of para-hydroxylation sites is 1. The summed E-state index contributed by atoms with van der Waals surface area (Å²) in [6.07, 6.45) is 2.03. The van der Waals surface area contributed by atoms with Gasteiger partial charge in [0.15, 0.2) is 11.5 Å². The zero-order chi connectivity index (χ0) is 21.5. The van der Waals surface area contributed by atoms with Crippen molar-refractivity contribution >= 4 is 28.5 Å². The van der Waals surface area contributed by atoms with Crippen molar-refractivity contribution < 1.29 is 29.0 Å². The van der Waals surface area contributed by atoms with Gasteiger partial charge in [0.1, 0.15) is 13.1 Å². The second-order valence-electron chi connectivity index (χ2n) is 7.70. The first-order valence-electron chi connectivity index (χ1n) is 10.2. The molecule has 7 heteroatoms. The number of ether oxygens (including phenoxy) is 3. The Labute approximate surface area is 179 Å². The third-order valence-electron chi connectivity index (χ3n) is 5.89. The van der Waals surface area contributed by atoms with E-state index in [0.717, 1.165) is 29.8 Å². The number of aromatic nitrogens is 1. The minimum atomic E-state index is -1.17. The number of rotatable bonds is 4. The molecule has 0 aliphatic carbocycles. The molecule has 1 unspecified atom stereocenters. The first kappa shape index (κ1) is 19.4. The lowest BCUT2D eigenvalue weighted by atomic mass is 9.92. The zero-order valence-corrected chi connectivity index (χ0v) is 17.4. The highest BCUT2D eigenvalue weighted by Gasteiger charge is 2.29. The quantitative estimate of drug-likeness (QED) is 0.688. The number of fused-ring (bicyclic) bond motifs is 3. The van der Waals surface area contributed by atoms with Gasteiger partial charge in [-0.2, -0.15) is 0 Å². The summed E-state index contributed by atoms with van der Waals surface area (Å²) >= 11 is 0. The van der Waals surface area contributed by atoms with Crippen molar-refractivity contribution in [3.8, 4) is 17.2 Å². The average molecular weight is 418 g/mol. The van der Waals surface area contributed by atoms with E-state index in [-0.39, 0.29) is 12.4 Å². The minimum absolute atomic E-state index is 0.158. The smallest absolute Gasteiger partial charge is 0.231 e. The molecule has 2 aromatic carbocycles. The Kier molecular flexibility index (Phi) is 4.75. The topological polar surface area (TPSA) is 85.2 Å². The molecule has 158 valence electrons. The van der Waals surface area contributed by atoms with Crippen molar-refractivity contribution in [3.63, 3.8) is 0 Å². The number of carboxylic acids is 1. The van der Waals surface area contributed by atoms with E-state index in [4.69, 9.17) is 19.2 Å². The van der Waals surface area contributed by atoms with Crippen molar-refractivity contribution in [1.82, 2.24) is 4.98 Å². The molecule has 3 heterocycles. The molecule has 0 radical (unpaired) electrons. The molecular weight excluding hydrogens is 396 g/mol. The Balaban J connectivity index is 1.73. The molecule has 5 rings (SSSR count). The number of carbonyl (C=O) groups is 1. The van der Waals surface area contributed by atoms with Crippen LogP contribution in [0.1, 0.15) is 34.1 Å². The number of carboxylic acid groups (broad SMARTS) is 1. The van der Waals surface area contributed by atoms with Gasteiger partial charge in [-0.25, -0.2) is 4.98 Å². The van der Waals surface area contributed by atoms with Crippen LogP contribution in [0, 0.1) is 0 Å². The Morgan fingerprint density at radius 3 is 2.87 bits per heavy atom. The fourth-order valence-electron chi connectivity index (χ4n) is 4.39. The summed E-state index contributed by atoms with van der Waals surface area (Å²) in [6, 6.07) is 11.1. The third kappa shape index (κ3) is 3.27. The van der Waals surface area contributed by atoms with Crippen LogP contribution in [0.3, 0.4) is 0 Å². The van der Waals surface area contributed by atoms with E-state index in [1.165, 1.54) is 4.90 Å². The van der Waals surface area contributed by atoms with Gasteiger partial charge in [0, 0.05) is 22.1 Å². The lowest BCUT2D eigenvalue weighted by Crippen LogP contribution is -3.11. The van der Waals surface area contributed by atoms with E-state index in [1.54, 1.807) is 13.2 Å². The Morgan fingerprint density at radius 2 is 2.10 bits per heavy atom. The normalized spacial score (nSPS) is 18.3. The van der Waals surface area contributed by atoms with Crippen LogP contribution in [-0.2, 0) is 6.54 Å². The fourth-order valence-corrected chi connectivity index (χ4v) is 4.39. The molecule has 1 N–H and O–H groups in total. The molecule has 1 aromatic heterocycles. The molecule has 1 atom stereocenters. The van der Waals surface area contributed by atoms with Gasteiger partial charge < -0.3 is 29.0 Å². The van der Waals surface area contributed by atoms with Crippen molar-refractivity contribution in [2.75, 3.05) is 27.0 Å². The number of pyridine rings is 1. The summed E-state index contributed by atoms with van der Waals surface area (Å²) in [6.45, 7) is 4.44. The van der Waals surface area contributed by atoms with Crippen molar-refractivity contribution in [2.24, 2.45) is 0 Å². The zero-order valence-electron chi connectivity index (χ0n) is 17.4. The third-order valence-corrected chi connectivity index (χ3v) is 5.89. The van der Waals surface area contributed by atoms with E-state index in [9.17, 15) is 9.90 Å². The summed E-state index contributed by atoms with van der Waals surface area (Å²) in [5.41, 5.74) is 4.17. The first-order chi connectivity index (χ1) is 15.1. The highest BCUT2D eigenvalue weighted by molar-refractivity contribution is 6.05.